The summed E-state index contributed by atoms with van der Waals surface area (Å²) in [6.45, 7) is 2.20. The molecule has 0 unspecified atom stereocenters. The molecule has 1 amide bonds. The van der Waals surface area contributed by atoms with Gasteiger partial charge in [0.1, 0.15) is 11.8 Å². The highest BCUT2D eigenvalue weighted by Crippen LogP contribution is 2.28. The predicted molar refractivity (Wildman–Crippen MR) is 75.7 cm³/mol. The molecule has 120 valence electrons. The van der Waals surface area contributed by atoms with E-state index in [1.165, 1.54) is 6.92 Å². The van der Waals surface area contributed by atoms with Crippen LogP contribution in [0.15, 0.2) is 6.20 Å². The molecule has 0 radical (unpaired) electrons. The summed E-state index contributed by atoms with van der Waals surface area (Å²) in [4.78, 5) is 11.0. The van der Waals surface area contributed by atoms with Crippen molar-refractivity contribution in [2.45, 2.75) is 44.7 Å². The molecule has 0 aromatic carbocycles. The normalized spacial score (nSPS) is 28.2. The van der Waals surface area contributed by atoms with Gasteiger partial charge in [0.25, 0.3) is 0 Å². The number of hydrogen-bond acceptors (Lipinski definition) is 6. The van der Waals surface area contributed by atoms with Gasteiger partial charge in [0.15, 0.2) is 0 Å². The SMILES string of the molecule is COCc1cn(C[C@H]2C[C@@H](NC(C)=O)[C@H](O)[C@@H]2O)nn1.Cl. The molecule has 1 aromatic heterocycles. The lowest BCUT2D eigenvalue weighted by molar-refractivity contribution is -0.120. The summed E-state index contributed by atoms with van der Waals surface area (Å²) in [5.41, 5.74) is 0.707. The molecular weight excluding hydrogens is 300 g/mol. The summed E-state index contributed by atoms with van der Waals surface area (Å²) in [5.74, 6) is -0.399. The third-order valence-electron chi connectivity index (χ3n) is 3.49. The molecule has 3 N–H and O–H groups in total. The standard InChI is InChI=1S/C12H20N4O4.ClH/c1-7(17)13-10-3-8(11(18)12(10)19)4-16-5-9(6-20-2)14-15-16;/h5,8,10-12,18-19H,3-4,6H2,1-2H3,(H,13,17);1H/t8-,10-,11-,12+;/m1./s1. The van der Waals surface area contributed by atoms with Crippen LogP contribution in [0.4, 0.5) is 0 Å². The van der Waals surface area contributed by atoms with Crippen LogP contribution in [0, 0.1) is 5.92 Å². The van der Waals surface area contributed by atoms with Gasteiger partial charge in [-0.05, 0) is 6.42 Å². The number of halogens is 1. The maximum absolute atomic E-state index is 11.0. The third kappa shape index (κ3) is 4.37. The van der Waals surface area contributed by atoms with Crippen molar-refractivity contribution in [2.75, 3.05) is 7.11 Å². The van der Waals surface area contributed by atoms with Crippen molar-refractivity contribution in [1.82, 2.24) is 20.3 Å². The van der Waals surface area contributed by atoms with Crippen molar-refractivity contribution >= 4 is 18.3 Å². The van der Waals surface area contributed by atoms with Gasteiger partial charge in [-0.25, -0.2) is 0 Å². The van der Waals surface area contributed by atoms with E-state index in [2.05, 4.69) is 15.6 Å². The highest BCUT2D eigenvalue weighted by atomic mass is 35.5. The molecule has 0 bridgehead atoms. The number of nitrogens with one attached hydrogen (secondary N) is 1. The molecule has 1 fully saturated rings. The average molecular weight is 321 g/mol. The van der Waals surface area contributed by atoms with Crippen LogP contribution in [0.25, 0.3) is 0 Å². The first-order chi connectivity index (χ1) is 9.51. The van der Waals surface area contributed by atoms with Gasteiger partial charge >= 0.3 is 0 Å². The van der Waals surface area contributed by atoms with Crippen LogP contribution in [0.1, 0.15) is 19.0 Å². The van der Waals surface area contributed by atoms with E-state index < -0.39 is 18.2 Å². The molecule has 21 heavy (non-hydrogen) atoms. The molecule has 1 heterocycles. The van der Waals surface area contributed by atoms with E-state index in [4.69, 9.17) is 4.74 Å². The van der Waals surface area contributed by atoms with Gasteiger partial charge in [-0.3, -0.25) is 9.48 Å². The number of amides is 1. The number of methoxy groups -OCH3 is 1. The van der Waals surface area contributed by atoms with E-state index in [0.717, 1.165) is 0 Å². The quantitative estimate of drug-likeness (QED) is 0.648. The van der Waals surface area contributed by atoms with Crippen LogP contribution < -0.4 is 5.32 Å². The summed E-state index contributed by atoms with van der Waals surface area (Å²) < 4.78 is 6.57. The maximum atomic E-state index is 11.0. The Morgan fingerprint density at radius 3 is 2.86 bits per heavy atom. The largest absolute Gasteiger partial charge is 0.390 e. The summed E-state index contributed by atoms with van der Waals surface area (Å²) in [7, 11) is 1.58. The van der Waals surface area contributed by atoms with Gasteiger partial charge < -0.3 is 20.3 Å². The van der Waals surface area contributed by atoms with Gasteiger partial charge in [0.05, 0.1) is 24.9 Å². The van der Waals surface area contributed by atoms with Gasteiger partial charge in [-0.1, -0.05) is 5.21 Å². The van der Waals surface area contributed by atoms with Crippen LogP contribution in [-0.4, -0.2) is 56.5 Å². The number of aromatic nitrogens is 3. The molecule has 9 heteroatoms. The van der Waals surface area contributed by atoms with Crippen molar-refractivity contribution in [3.8, 4) is 0 Å². The zero-order chi connectivity index (χ0) is 14.7. The summed E-state index contributed by atoms with van der Waals surface area (Å²) in [6, 6.07) is -0.422. The number of ether oxygens (including phenoxy) is 1. The van der Waals surface area contributed by atoms with Gasteiger partial charge in [-0.15, -0.1) is 17.5 Å². The van der Waals surface area contributed by atoms with Crippen LogP contribution in [0.2, 0.25) is 0 Å². The lowest BCUT2D eigenvalue weighted by Gasteiger charge is -2.17. The molecule has 1 aliphatic rings. The Kier molecular flexibility index (Phi) is 6.53. The highest BCUT2D eigenvalue weighted by molar-refractivity contribution is 5.85. The van der Waals surface area contributed by atoms with E-state index in [1.807, 2.05) is 0 Å². The molecule has 1 saturated carbocycles. The van der Waals surface area contributed by atoms with E-state index in [9.17, 15) is 15.0 Å². The third-order valence-corrected chi connectivity index (χ3v) is 3.49. The molecule has 1 aliphatic carbocycles. The fraction of sp³-hybridized carbons (Fsp3) is 0.750. The highest BCUT2D eigenvalue weighted by Gasteiger charge is 2.41. The zero-order valence-electron chi connectivity index (χ0n) is 12.0. The summed E-state index contributed by atoms with van der Waals surface area (Å²) in [6.07, 6.45) is 0.406. The first-order valence-electron chi connectivity index (χ1n) is 6.52. The lowest BCUT2D eigenvalue weighted by atomic mass is 10.1. The van der Waals surface area contributed by atoms with Gasteiger partial charge in [0, 0.05) is 26.5 Å². The Bertz CT molecular complexity index is 470. The fourth-order valence-corrected chi connectivity index (χ4v) is 2.59. The Labute approximate surface area is 128 Å². The van der Waals surface area contributed by atoms with E-state index in [1.54, 1.807) is 18.0 Å². The minimum atomic E-state index is -0.953. The molecule has 4 atom stereocenters. The number of carbonyl (C=O) groups excluding carboxylic acids is 1. The Hall–Kier alpha value is -1.22. The molecule has 2 rings (SSSR count). The molecule has 1 aromatic rings. The smallest absolute Gasteiger partial charge is 0.217 e. The van der Waals surface area contributed by atoms with Crippen molar-refractivity contribution < 1.29 is 19.7 Å². The molecular formula is C12H21ClN4O4. The monoisotopic (exact) mass is 320 g/mol. The first kappa shape index (κ1) is 17.8. The maximum Gasteiger partial charge on any atom is 0.217 e. The van der Waals surface area contributed by atoms with Gasteiger partial charge in [-0.2, -0.15) is 0 Å². The lowest BCUT2D eigenvalue weighted by Crippen LogP contribution is -2.42. The molecule has 0 aliphatic heterocycles. The Morgan fingerprint density at radius 2 is 2.24 bits per heavy atom. The first-order valence-corrected chi connectivity index (χ1v) is 6.52. The number of rotatable bonds is 5. The van der Waals surface area contributed by atoms with E-state index >= 15 is 0 Å². The van der Waals surface area contributed by atoms with Crippen LogP contribution in [0.3, 0.4) is 0 Å². The number of hydrogen-bond donors (Lipinski definition) is 3. The van der Waals surface area contributed by atoms with E-state index in [0.29, 0.717) is 25.3 Å². The number of aliphatic hydroxyl groups excluding tert-OH is 2. The number of carbonyl (C=O) groups is 1. The molecule has 8 nitrogen and oxygen atoms in total. The minimum Gasteiger partial charge on any atom is -0.390 e. The summed E-state index contributed by atoms with van der Waals surface area (Å²) in [5, 5.41) is 30.5. The second-order valence-electron chi connectivity index (χ2n) is 5.15. The van der Waals surface area contributed by atoms with Crippen molar-refractivity contribution in [1.29, 1.82) is 0 Å². The Balaban J connectivity index is 0.00000220. The molecule has 0 saturated heterocycles. The van der Waals surface area contributed by atoms with Crippen LogP contribution >= 0.6 is 12.4 Å². The predicted octanol–water partition coefficient (Wildman–Crippen LogP) is -0.907. The fourth-order valence-electron chi connectivity index (χ4n) is 2.59. The van der Waals surface area contributed by atoms with Crippen molar-refractivity contribution in [3.63, 3.8) is 0 Å². The zero-order valence-corrected chi connectivity index (χ0v) is 12.8. The second kappa shape index (κ2) is 7.69. The van der Waals surface area contributed by atoms with Crippen LogP contribution in [0.5, 0.6) is 0 Å². The number of aliphatic hydroxyl groups is 2. The van der Waals surface area contributed by atoms with E-state index in [-0.39, 0.29) is 24.2 Å². The molecule has 0 spiro atoms. The van der Waals surface area contributed by atoms with Crippen LogP contribution in [-0.2, 0) is 22.7 Å². The number of nitrogens with zero attached hydrogens (tertiary/aromatic N) is 3. The minimum absolute atomic E-state index is 0. The average Bonchev–Trinajstić information content (AvgIpc) is 2.91. The summed E-state index contributed by atoms with van der Waals surface area (Å²) >= 11 is 0. The van der Waals surface area contributed by atoms with Gasteiger partial charge in [0.2, 0.25) is 5.91 Å². The Morgan fingerprint density at radius 1 is 1.52 bits per heavy atom. The van der Waals surface area contributed by atoms with Crippen molar-refractivity contribution in [2.24, 2.45) is 5.92 Å². The topological polar surface area (TPSA) is 110 Å². The van der Waals surface area contributed by atoms with Crippen molar-refractivity contribution in [3.05, 3.63) is 11.9 Å². The second-order valence-corrected chi connectivity index (χ2v) is 5.15.